The molecule has 0 bridgehead atoms. The lowest BCUT2D eigenvalue weighted by Crippen LogP contribution is -2.17. The number of hydrogen-bond acceptors (Lipinski definition) is 4. The van der Waals surface area contributed by atoms with Crippen molar-refractivity contribution in [2.75, 3.05) is 25.0 Å². The second kappa shape index (κ2) is 9.95. The van der Waals surface area contributed by atoms with E-state index in [2.05, 4.69) is 54.3 Å². The van der Waals surface area contributed by atoms with Crippen molar-refractivity contribution >= 4 is 31.0 Å². The highest BCUT2D eigenvalue weighted by atomic mass is 15.1. The number of aromatic nitrogens is 1. The average Bonchev–Trinajstić information content (AvgIpc) is 3.34. The highest BCUT2D eigenvalue weighted by Gasteiger charge is 2.16. The number of aliphatic imine (C=N–C) groups is 1. The van der Waals surface area contributed by atoms with Crippen molar-refractivity contribution in [2.24, 2.45) is 10.7 Å². The van der Waals surface area contributed by atoms with E-state index in [1.54, 1.807) is 4.48 Å². The van der Waals surface area contributed by atoms with Crippen LogP contribution in [-0.4, -0.2) is 38.3 Å². The van der Waals surface area contributed by atoms with Gasteiger partial charge in [0.05, 0.1) is 23.9 Å². The van der Waals surface area contributed by atoms with Crippen LogP contribution in [0.3, 0.4) is 0 Å². The third-order valence-corrected chi connectivity index (χ3v) is 5.09. The molecule has 0 saturated carbocycles. The van der Waals surface area contributed by atoms with E-state index in [1.165, 1.54) is 0 Å². The molecular weight excluding hydrogens is 369 g/mol. The average molecular weight is 395 g/mol. The Morgan fingerprint density at radius 1 is 1.27 bits per heavy atom. The molecule has 1 aromatic carbocycles. The summed E-state index contributed by atoms with van der Waals surface area (Å²) in [7, 11) is 8.05. The predicted octanol–water partition coefficient (Wildman–Crippen LogP) is 3.94. The topological polar surface area (TPSA) is 70.3 Å². The Hall–Kier alpha value is -3.30. The molecular formula is C24H26BN5. The fraction of sp³-hybridized carbons (Fsp3) is 0.250. The van der Waals surface area contributed by atoms with Crippen LogP contribution in [0.15, 0.2) is 71.0 Å². The Bertz CT molecular complexity index is 1050. The predicted molar refractivity (Wildman–Crippen MR) is 126 cm³/mol. The number of anilines is 1. The first-order valence-corrected chi connectivity index (χ1v) is 10.0. The SMILES string of the molecule is [B]n1cccc1/C(CCN)=C1N=C(/C=C/c2ccc(N(C)CCC#N)cc2)C=C\1C. The van der Waals surface area contributed by atoms with Crippen molar-refractivity contribution in [2.45, 2.75) is 19.8 Å². The molecule has 2 heterocycles. The van der Waals surface area contributed by atoms with Crippen LogP contribution in [0.1, 0.15) is 31.0 Å². The molecule has 0 saturated heterocycles. The van der Waals surface area contributed by atoms with Crippen LogP contribution in [0, 0.1) is 11.3 Å². The summed E-state index contributed by atoms with van der Waals surface area (Å²) in [6.07, 6.45) is 9.21. The van der Waals surface area contributed by atoms with Gasteiger partial charge in [-0.15, -0.1) is 0 Å². The zero-order valence-corrected chi connectivity index (χ0v) is 17.5. The standard InChI is InChI=1S/C24H26BN5/c1-18-17-20(28-24(18)22(12-14-27)23-5-3-16-30(23)25)9-6-19-7-10-21(11-8-19)29(2)15-4-13-26/h3,5-11,16-17H,4,12,14-15,27H2,1-2H3/b9-6+,24-22-. The Labute approximate surface area is 180 Å². The van der Waals surface area contributed by atoms with E-state index >= 15 is 0 Å². The molecule has 6 heteroatoms. The van der Waals surface area contributed by atoms with Gasteiger partial charge in [0.1, 0.15) is 0 Å². The molecule has 2 N–H and O–H groups in total. The zero-order valence-electron chi connectivity index (χ0n) is 17.5. The number of benzene rings is 1. The lowest BCUT2D eigenvalue weighted by atomic mass is 10.0. The minimum atomic E-state index is 0.514. The van der Waals surface area contributed by atoms with Crippen molar-refractivity contribution in [1.29, 1.82) is 5.26 Å². The molecule has 0 atom stereocenters. The van der Waals surface area contributed by atoms with E-state index in [1.807, 2.05) is 31.5 Å². The highest BCUT2D eigenvalue weighted by molar-refractivity contribution is 6.11. The molecule has 0 spiro atoms. The third-order valence-electron chi connectivity index (χ3n) is 5.09. The molecule has 0 unspecified atom stereocenters. The smallest absolute Gasteiger partial charge is 0.234 e. The molecule has 0 amide bonds. The fourth-order valence-electron chi connectivity index (χ4n) is 3.46. The Kier molecular flexibility index (Phi) is 7.10. The molecule has 1 aromatic heterocycles. The van der Waals surface area contributed by atoms with Crippen LogP contribution >= 0.6 is 0 Å². The minimum absolute atomic E-state index is 0.514. The monoisotopic (exact) mass is 395 g/mol. The maximum atomic E-state index is 8.73. The molecule has 2 aromatic rings. The van der Waals surface area contributed by atoms with Gasteiger partial charge in [-0.25, -0.2) is 4.99 Å². The maximum Gasteiger partial charge on any atom is 0.234 e. The molecule has 0 fully saturated rings. The van der Waals surface area contributed by atoms with Crippen LogP contribution in [0.4, 0.5) is 5.69 Å². The summed E-state index contributed by atoms with van der Waals surface area (Å²) in [5.41, 5.74) is 13.0. The van der Waals surface area contributed by atoms with Crippen LogP contribution in [0.2, 0.25) is 0 Å². The summed E-state index contributed by atoms with van der Waals surface area (Å²) >= 11 is 0. The van der Waals surface area contributed by atoms with E-state index < -0.39 is 0 Å². The Balaban J connectivity index is 1.80. The number of nitriles is 1. The van der Waals surface area contributed by atoms with Crippen molar-refractivity contribution < 1.29 is 0 Å². The summed E-state index contributed by atoms with van der Waals surface area (Å²) in [6, 6.07) is 14.4. The number of nitrogens with two attached hydrogens (primary N) is 1. The summed E-state index contributed by atoms with van der Waals surface area (Å²) in [6.45, 7) is 3.32. The van der Waals surface area contributed by atoms with Gasteiger partial charge in [-0.05, 0) is 73.6 Å². The van der Waals surface area contributed by atoms with Crippen LogP contribution in [0.5, 0.6) is 0 Å². The summed E-state index contributed by atoms with van der Waals surface area (Å²) < 4.78 is 1.61. The second-order valence-corrected chi connectivity index (χ2v) is 7.29. The van der Waals surface area contributed by atoms with E-state index in [9.17, 15) is 0 Å². The molecule has 1 aliphatic rings. The maximum absolute atomic E-state index is 8.73. The second-order valence-electron chi connectivity index (χ2n) is 7.29. The first-order valence-electron chi connectivity index (χ1n) is 10.0. The molecule has 5 nitrogen and oxygen atoms in total. The molecule has 3 rings (SSSR count). The van der Waals surface area contributed by atoms with Gasteiger partial charge in [-0.3, -0.25) is 0 Å². The lowest BCUT2D eigenvalue weighted by molar-refractivity contribution is 0.905. The first-order chi connectivity index (χ1) is 14.5. The van der Waals surface area contributed by atoms with Crippen molar-refractivity contribution in [1.82, 2.24) is 4.48 Å². The number of rotatable bonds is 8. The van der Waals surface area contributed by atoms with E-state index in [0.29, 0.717) is 19.4 Å². The van der Waals surface area contributed by atoms with Crippen molar-refractivity contribution in [3.8, 4) is 6.07 Å². The molecule has 2 radical (unpaired) electrons. The Morgan fingerprint density at radius 2 is 2.03 bits per heavy atom. The number of nitrogens with zero attached hydrogens (tertiary/aromatic N) is 4. The zero-order chi connectivity index (χ0) is 21.5. The normalized spacial score (nSPS) is 15.1. The van der Waals surface area contributed by atoms with Crippen LogP contribution in [0.25, 0.3) is 11.6 Å². The van der Waals surface area contributed by atoms with E-state index in [0.717, 1.165) is 46.0 Å². The lowest BCUT2D eigenvalue weighted by Gasteiger charge is -2.17. The van der Waals surface area contributed by atoms with Gasteiger partial charge < -0.3 is 15.1 Å². The van der Waals surface area contributed by atoms with Gasteiger partial charge in [0, 0.05) is 30.5 Å². The van der Waals surface area contributed by atoms with Gasteiger partial charge in [0.25, 0.3) is 0 Å². The van der Waals surface area contributed by atoms with Gasteiger partial charge in [0.15, 0.2) is 0 Å². The number of allylic oxidation sites excluding steroid dienone is 3. The first kappa shape index (κ1) is 21.4. The van der Waals surface area contributed by atoms with Gasteiger partial charge in [0.2, 0.25) is 7.98 Å². The fourth-order valence-corrected chi connectivity index (χ4v) is 3.46. The van der Waals surface area contributed by atoms with Crippen LogP contribution in [-0.2, 0) is 0 Å². The summed E-state index contributed by atoms with van der Waals surface area (Å²) in [5, 5.41) is 8.73. The number of hydrogen-bond donors (Lipinski definition) is 1. The largest absolute Gasteiger partial charge is 0.403 e. The molecule has 30 heavy (non-hydrogen) atoms. The van der Waals surface area contributed by atoms with Gasteiger partial charge >= 0.3 is 0 Å². The molecule has 0 aliphatic carbocycles. The quantitative estimate of drug-likeness (QED) is 0.689. The highest BCUT2D eigenvalue weighted by Crippen LogP contribution is 2.31. The van der Waals surface area contributed by atoms with Crippen molar-refractivity contribution in [3.05, 3.63) is 77.3 Å². The van der Waals surface area contributed by atoms with Gasteiger partial charge in [-0.2, -0.15) is 5.26 Å². The summed E-state index contributed by atoms with van der Waals surface area (Å²) in [4.78, 5) is 6.91. The third kappa shape index (κ3) is 5.00. The van der Waals surface area contributed by atoms with E-state index in [-0.39, 0.29) is 0 Å². The minimum Gasteiger partial charge on any atom is -0.403 e. The van der Waals surface area contributed by atoms with Gasteiger partial charge in [-0.1, -0.05) is 18.2 Å². The van der Waals surface area contributed by atoms with E-state index in [4.69, 9.17) is 24.0 Å². The molecule has 1 aliphatic heterocycles. The van der Waals surface area contributed by atoms with Crippen LogP contribution < -0.4 is 10.6 Å². The van der Waals surface area contributed by atoms with Crippen molar-refractivity contribution in [3.63, 3.8) is 0 Å². The Morgan fingerprint density at radius 3 is 2.67 bits per heavy atom. The summed E-state index contributed by atoms with van der Waals surface area (Å²) in [5.74, 6) is 0. The molecule has 150 valence electrons.